The lowest BCUT2D eigenvalue weighted by Gasteiger charge is -2.31. The number of carbonyl (C=O) groups excluding carboxylic acids is 1. The van der Waals surface area contributed by atoms with Crippen LogP contribution in [-0.4, -0.2) is 37.5 Å². The average molecular weight is 332 g/mol. The molecule has 1 N–H and O–H groups in total. The van der Waals surface area contributed by atoms with E-state index in [0.29, 0.717) is 5.92 Å². The molecule has 3 nitrogen and oxygen atoms in total. The third kappa shape index (κ3) is 3.79. The van der Waals surface area contributed by atoms with Crippen LogP contribution < -0.4 is 5.32 Å². The molecule has 0 aliphatic carbocycles. The van der Waals surface area contributed by atoms with Gasteiger partial charge in [0.1, 0.15) is 5.82 Å². The molecule has 1 amide bonds. The van der Waals surface area contributed by atoms with Crippen molar-refractivity contribution in [3.05, 3.63) is 47.1 Å². The van der Waals surface area contributed by atoms with E-state index >= 15 is 0 Å². The van der Waals surface area contributed by atoms with Crippen LogP contribution in [0.3, 0.4) is 0 Å². The predicted molar refractivity (Wildman–Crippen MR) is 92.3 cm³/mol. The van der Waals surface area contributed by atoms with Gasteiger partial charge in [-0.05, 0) is 62.2 Å². The molecular formula is C18H21FN2OS. The Labute approximate surface area is 140 Å². The van der Waals surface area contributed by atoms with Gasteiger partial charge in [0, 0.05) is 18.0 Å². The van der Waals surface area contributed by atoms with E-state index < -0.39 is 0 Å². The Morgan fingerprint density at radius 2 is 1.91 bits per heavy atom. The highest BCUT2D eigenvalue weighted by Crippen LogP contribution is 2.29. The molecule has 1 aliphatic rings. The lowest BCUT2D eigenvalue weighted by atomic mass is 9.97. The number of nitrogens with zero attached hydrogens (tertiary/aromatic N) is 1. The van der Waals surface area contributed by atoms with Gasteiger partial charge in [0.2, 0.25) is 0 Å². The first-order valence-electron chi connectivity index (χ1n) is 7.97. The molecule has 23 heavy (non-hydrogen) atoms. The van der Waals surface area contributed by atoms with Crippen LogP contribution in [0.25, 0.3) is 10.4 Å². The number of hydrogen-bond donors (Lipinski definition) is 1. The van der Waals surface area contributed by atoms with Crippen molar-refractivity contribution in [3.63, 3.8) is 0 Å². The number of likely N-dealkylation sites (tertiary alicyclic amines) is 1. The molecule has 1 aromatic carbocycles. The highest BCUT2D eigenvalue weighted by molar-refractivity contribution is 7.17. The minimum absolute atomic E-state index is 0.117. The van der Waals surface area contributed by atoms with Crippen molar-refractivity contribution in [2.75, 3.05) is 26.7 Å². The van der Waals surface area contributed by atoms with E-state index in [1.807, 2.05) is 24.1 Å². The maximum absolute atomic E-state index is 13.0. The summed E-state index contributed by atoms with van der Waals surface area (Å²) in [4.78, 5) is 16.3. The zero-order valence-electron chi connectivity index (χ0n) is 13.2. The molecule has 0 atom stereocenters. The van der Waals surface area contributed by atoms with Gasteiger partial charge in [-0.2, -0.15) is 0 Å². The summed E-state index contributed by atoms with van der Waals surface area (Å²) in [5.74, 6) is 0.541. The second kappa shape index (κ2) is 7.23. The number of carbonyl (C=O) groups is 1. The van der Waals surface area contributed by atoms with Crippen molar-refractivity contribution < 1.29 is 9.18 Å². The lowest BCUT2D eigenvalue weighted by molar-refractivity contribution is 0.0696. The summed E-state index contributed by atoms with van der Waals surface area (Å²) in [6.45, 7) is 2.68. The van der Waals surface area contributed by atoms with Gasteiger partial charge in [-0.3, -0.25) is 4.79 Å². The first-order valence-corrected chi connectivity index (χ1v) is 8.78. The van der Waals surface area contributed by atoms with Crippen molar-refractivity contribution in [1.29, 1.82) is 0 Å². The third-order valence-electron chi connectivity index (χ3n) is 4.34. The number of thiophene rings is 1. The molecule has 1 fully saturated rings. The SMILES string of the molecule is CNCC1CCN(C(=O)c2ccc(-c3ccc(F)cc3)s2)CC1. The third-order valence-corrected chi connectivity index (χ3v) is 5.46. The molecule has 1 aliphatic heterocycles. The summed E-state index contributed by atoms with van der Waals surface area (Å²) >= 11 is 1.48. The number of hydrogen-bond acceptors (Lipinski definition) is 3. The van der Waals surface area contributed by atoms with Crippen LogP contribution in [0.4, 0.5) is 4.39 Å². The summed E-state index contributed by atoms with van der Waals surface area (Å²) in [7, 11) is 1.97. The van der Waals surface area contributed by atoms with E-state index in [1.54, 1.807) is 12.1 Å². The minimum atomic E-state index is -0.244. The molecular weight excluding hydrogens is 311 g/mol. The molecule has 0 bridgehead atoms. The van der Waals surface area contributed by atoms with Crippen LogP contribution in [0.2, 0.25) is 0 Å². The predicted octanol–water partition coefficient (Wildman–Crippen LogP) is 3.63. The minimum Gasteiger partial charge on any atom is -0.338 e. The number of halogens is 1. The van der Waals surface area contributed by atoms with Gasteiger partial charge in [0.15, 0.2) is 0 Å². The fraction of sp³-hybridized carbons (Fsp3) is 0.389. The van der Waals surface area contributed by atoms with Crippen molar-refractivity contribution in [1.82, 2.24) is 10.2 Å². The Morgan fingerprint density at radius 1 is 1.22 bits per heavy atom. The maximum Gasteiger partial charge on any atom is 0.263 e. The van der Waals surface area contributed by atoms with Crippen molar-refractivity contribution >= 4 is 17.2 Å². The van der Waals surface area contributed by atoms with Crippen LogP contribution in [0.1, 0.15) is 22.5 Å². The molecule has 0 saturated carbocycles. The number of rotatable bonds is 4. The van der Waals surface area contributed by atoms with E-state index in [1.165, 1.54) is 23.5 Å². The number of nitrogens with one attached hydrogen (secondary N) is 1. The maximum atomic E-state index is 13.0. The first-order chi connectivity index (χ1) is 11.2. The molecule has 0 radical (unpaired) electrons. The molecule has 5 heteroatoms. The van der Waals surface area contributed by atoms with Crippen LogP contribution in [0, 0.1) is 11.7 Å². The molecule has 0 unspecified atom stereocenters. The second-order valence-corrected chi connectivity index (χ2v) is 7.05. The number of benzene rings is 1. The molecule has 1 saturated heterocycles. The number of piperidine rings is 1. The lowest BCUT2D eigenvalue weighted by Crippen LogP contribution is -2.40. The molecule has 1 aromatic heterocycles. The molecule has 0 spiro atoms. The Hall–Kier alpha value is -1.72. The Kier molecular flexibility index (Phi) is 5.08. The zero-order valence-corrected chi connectivity index (χ0v) is 14.0. The first kappa shape index (κ1) is 16.1. The van der Waals surface area contributed by atoms with Crippen molar-refractivity contribution in [2.45, 2.75) is 12.8 Å². The van der Waals surface area contributed by atoms with Gasteiger partial charge in [0.05, 0.1) is 4.88 Å². The molecule has 3 rings (SSSR count). The van der Waals surface area contributed by atoms with Crippen molar-refractivity contribution in [3.8, 4) is 10.4 Å². The molecule has 2 aromatic rings. The highest BCUT2D eigenvalue weighted by Gasteiger charge is 2.24. The quantitative estimate of drug-likeness (QED) is 0.927. The largest absolute Gasteiger partial charge is 0.338 e. The van der Waals surface area contributed by atoms with E-state index in [4.69, 9.17) is 0 Å². The summed E-state index contributed by atoms with van der Waals surface area (Å²) in [6.07, 6.45) is 2.12. The highest BCUT2D eigenvalue weighted by atomic mass is 32.1. The van der Waals surface area contributed by atoms with E-state index in [9.17, 15) is 9.18 Å². The Bertz CT molecular complexity index is 660. The van der Waals surface area contributed by atoms with Crippen LogP contribution in [0.5, 0.6) is 0 Å². The van der Waals surface area contributed by atoms with Crippen LogP contribution in [-0.2, 0) is 0 Å². The smallest absolute Gasteiger partial charge is 0.263 e. The Morgan fingerprint density at radius 3 is 2.57 bits per heavy atom. The van der Waals surface area contributed by atoms with Gasteiger partial charge in [-0.1, -0.05) is 12.1 Å². The number of amides is 1. The summed E-state index contributed by atoms with van der Waals surface area (Å²) in [5.41, 5.74) is 0.947. The monoisotopic (exact) mass is 332 g/mol. The van der Waals surface area contributed by atoms with Gasteiger partial charge in [-0.15, -0.1) is 11.3 Å². The van der Waals surface area contributed by atoms with Gasteiger partial charge >= 0.3 is 0 Å². The van der Waals surface area contributed by atoms with Gasteiger partial charge < -0.3 is 10.2 Å². The fourth-order valence-corrected chi connectivity index (χ4v) is 3.99. The topological polar surface area (TPSA) is 32.3 Å². The van der Waals surface area contributed by atoms with Gasteiger partial charge in [0.25, 0.3) is 5.91 Å². The zero-order chi connectivity index (χ0) is 16.2. The molecule has 2 heterocycles. The van der Waals surface area contributed by atoms with E-state index in [0.717, 1.165) is 47.8 Å². The summed E-state index contributed by atoms with van der Waals surface area (Å²) in [6, 6.07) is 10.2. The average Bonchev–Trinajstić information content (AvgIpc) is 3.06. The van der Waals surface area contributed by atoms with Crippen molar-refractivity contribution in [2.24, 2.45) is 5.92 Å². The summed E-state index contributed by atoms with van der Waals surface area (Å²) in [5, 5.41) is 3.21. The fourth-order valence-electron chi connectivity index (χ4n) is 3.01. The van der Waals surface area contributed by atoms with E-state index in [-0.39, 0.29) is 11.7 Å². The second-order valence-electron chi connectivity index (χ2n) is 5.96. The van der Waals surface area contributed by atoms with E-state index in [2.05, 4.69) is 5.32 Å². The van der Waals surface area contributed by atoms with Crippen LogP contribution in [0.15, 0.2) is 36.4 Å². The standard InChI is InChI=1S/C18H21FN2OS/c1-20-12-13-8-10-21(11-9-13)18(22)17-7-6-16(23-17)14-2-4-15(19)5-3-14/h2-7,13,20H,8-12H2,1H3. The normalized spacial score (nSPS) is 15.8. The van der Waals surface area contributed by atoms with Gasteiger partial charge in [-0.25, -0.2) is 4.39 Å². The van der Waals surface area contributed by atoms with Crippen LogP contribution >= 0.6 is 11.3 Å². The summed E-state index contributed by atoms with van der Waals surface area (Å²) < 4.78 is 13.0. The molecule has 122 valence electrons. The Balaban J connectivity index is 1.66.